The molecule has 0 radical (unpaired) electrons. The minimum atomic E-state index is -4.24. The lowest BCUT2D eigenvalue weighted by Gasteiger charge is -2.34. The fraction of sp³-hybridized carbons (Fsp3) is 0.257. The van der Waals surface area contributed by atoms with Crippen LogP contribution in [0, 0.1) is 6.92 Å². The molecule has 0 heterocycles. The first-order chi connectivity index (χ1) is 21.6. The molecule has 0 unspecified atom stereocenters. The van der Waals surface area contributed by atoms with E-state index in [9.17, 15) is 18.0 Å². The van der Waals surface area contributed by atoms with Crippen molar-refractivity contribution >= 4 is 43.5 Å². The van der Waals surface area contributed by atoms with Crippen LogP contribution in [0.4, 0.5) is 5.69 Å². The number of hydrogen-bond acceptors (Lipinski definition) is 5. The average molecular weight is 693 g/mol. The predicted molar refractivity (Wildman–Crippen MR) is 181 cm³/mol. The number of ether oxygens (including phenoxy) is 1. The smallest absolute Gasteiger partial charge is 0.264 e. The zero-order valence-corrected chi connectivity index (χ0v) is 28.1. The van der Waals surface area contributed by atoms with Crippen LogP contribution in [-0.2, 0) is 32.6 Å². The van der Waals surface area contributed by atoms with E-state index in [-0.39, 0.29) is 29.5 Å². The molecule has 1 atom stereocenters. The molecule has 0 spiro atoms. The Balaban J connectivity index is 1.83. The van der Waals surface area contributed by atoms with Crippen LogP contribution in [0.15, 0.2) is 112 Å². The van der Waals surface area contributed by atoms with E-state index < -0.39 is 28.5 Å². The summed E-state index contributed by atoms with van der Waals surface area (Å²) in [6.07, 6.45) is 0.243. The van der Waals surface area contributed by atoms with Crippen molar-refractivity contribution in [1.29, 1.82) is 0 Å². The molecule has 45 heavy (non-hydrogen) atoms. The third-order valence-electron chi connectivity index (χ3n) is 7.19. The number of amides is 2. The fourth-order valence-corrected chi connectivity index (χ4v) is 6.84. The summed E-state index contributed by atoms with van der Waals surface area (Å²) in [5.41, 5.74) is 2.78. The number of aryl methyl sites for hydroxylation is 1. The van der Waals surface area contributed by atoms with Gasteiger partial charge in [-0.3, -0.25) is 13.9 Å². The quantitative estimate of drug-likeness (QED) is 0.172. The van der Waals surface area contributed by atoms with E-state index in [1.165, 1.54) is 17.0 Å². The highest BCUT2D eigenvalue weighted by Gasteiger charge is 2.35. The molecular formula is C35H38BrN3O5S. The third kappa shape index (κ3) is 8.73. The van der Waals surface area contributed by atoms with Crippen molar-refractivity contribution in [2.45, 2.75) is 44.7 Å². The van der Waals surface area contributed by atoms with Gasteiger partial charge in [-0.15, -0.1) is 0 Å². The SMILES string of the molecule is CCNC(=O)[C@@H](Cc1ccccc1)N(Cc1cccc(Br)c1)C(=O)CN(c1ccccc1OCC)S(=O)(=O)c1ccc(C)cc1. The molecule has 2 amide bonds. The summed E-state index contributed by atoms with van der Waals surface area (Å²) in [6.45, 7) is 5.69. The van der Waals surface area contributed by atoms with Gasteiger partial charge in [0.15, 0.2) is 0 Å². The van der Waals surface area contributed by atoms with Crippen molar-refractivity contribution in [3.05, 3.63) is 124 Å². The van der Waals surface area contributed by atoms with Crippen molar-refractivity contribution in [3.63, 3.8) is 0 Å². The van der Waals surface area contributed by atoms with Crippen LogP contribution in [0.1, 0.15) is 30.5 Å². The fourth-order valence-electron chi connectivity index (χ4n) is 4.97. The number of sulfonamides is 1. The summed E-state index contributed by atoms with van der Waals surface area (Å²) >= 11 is 3.50. The molecule has 8 nitrogen and oxygen atoms in total. The molecule has 0 aliphatic rings. The number of carbonyl (C=O) groups excluding carboxylic acids is 2. The summed E-state index contributed by atoms with van der Waals surface area (Å²) in [5.74, 6) is -0.539. The van der Waals surface area contributed by atoms with Crippen molar-refractivity contribution in [1.82, 2.24) is 10.2 Å². The second-order valence-electron chi connectivity index (χ2n) is 10.5. The summed E-state index contributed by atoms with van der Waals surface area (Å²) < 4.78 is 36.3. The summed E-state index contributed by atoms with van der Waals surface area (Å²) in [6, 6.07) is 29.2. The zero-order valence-electron chi connectivity index (χ0n) is 25.6. The summed E-state index contributed by atoms with van der Waals surface area (Å²) in [4.78, 5) is 29.7. The Morgan fingerprint density at radius 2 is 1.53 bits per heavy atom. The molecule has 0 saturated heterocycles. The van der Waals surface area contributed by atoms with Crippen molar-refractivity contribution < 1.29 is 22.7 Å². The number of nitrogens with zero attached hydrogens (tertiary/aromatic N) is 2. The first-order valence-electron chi connectivity index (χ1n) is 14.8. The van der Waals surface area contributed by atoms with E-state index >= 15 is 0 Å². The minimum Gasteiger partial charge on any atom is -0.492 e. The first-order valence-corrected chi connectivity index (χ1v) is 17.0. The highest BCUT2D eigenvalue weighted by molar-refractivity contribution is 9.10. The maximum Gasteiger partial charge on any atom is 0.264 e. The second-order valence-corrected chi connectivity index (χ2v) is 13.3. The zero-order chi connectivity index (χ0) is 32.4. The normalized spacial score (nSPS) is 11.8. The van der Waals surface area contributed by atoms with E-state index in [1.54, 1.807) is 43.3 Å². The largest absolute Gasteiger partial charge is 0.492 e. The van der Waals surface area contributed by atoms with Crippen LogP contribution in [0.5, 0.6) is 5.75 Å². The van der Waals surface area contributed by atoms with Gasteiger partial charge in [0.05, 0.1) is 17.2 Å². The third-order valence-corrected chi connectivity index (χ3v) is 9.45. The standard InChI is InChI=1S/C35H38BrN3O5S/c1-4-37-35(41)32(23-27-12-7-6-8-13-27)38(24-28-14-11-15-29(36)22-28)34(40)25-39(31-16-9-10-17-33(31)44-5-2)45(42,43)30-20-18-26(3)19-21-30/h6-22,32H,4-5,23-25H2,1-3H3,(H,37,41)/t32-/m1/s1. The average Bonchev–Trinajstić information content (AvgIpc) is 3.03. The van der Waals surface area contributed by atoms with Gasteiger partial charge in [-0.1, -0.05) is 88.2 Å². The van der Waals surface area contributed by atoms with Gasteiger partial charge in [-0.25, -0.2) is 8.42 Å². The highest BCUT2D eigenvalue weighted by Crippen LogP contribution is 2.33. The van der Waals surface area contributed by atoms with Gasteiger partial charge in [0.2, 0.25) is 11.8 Å². The van der Waals surface area contributed by atoms with Crippen molar-refractivity contribution in [2.75, 3.05) is 24.0 Å². The van der Waals surface area contributed by atoms with Gasteiger partial charge >= 0.3 is 0 Å². The Morgan fingerprint density at radius 1 is 0.867 bits per heavy atom. The molecule has 0 aliphatic heterocycles. The molecule has 0 fully saturated rings. The number of carbonyl (C=O) groups is 2. The van der Waals surface area contributed by atoms with Gasteiger partial charge in [-0.05, 0) is 68.3 Å². The van der Waals surface area contributed by atoms with E-state index in [2.05, 4.69) is 21.2 Å². The van der Waals surface area contributed by atoms with Gasteiger partial charge in [-0.2, -0.15) is 0 Å². The Kier molecular flexibility index (Phi) is 11.8. The Labute approximate surface area is 274 Å². The molecule has 10 heteroatoms. The number of anilines is 1. The second kappa shape index (κ2) is 15.7. The Hall–Kier alpha value is -4.15. The minimum absolute atomic E-state index is 0.0373. The van der Waals surface area contributed by atoms with Crippen LogP contribution < -0.4 is 14.4 Å². The van der Waals surface area contributed by atoms with E-state index in [1.807, 2.05) is 68.4 Å². The molecule has 4 aromatic rings. The highest BCUT2D eigenvalue weighted by atomic mass is 79.9. The van der Waals surface area contributed by atoms with Gasteiger partial charge in [0, 0.05) is 24.0 Å². The lowest BCUT2D eigenvalue weighted by atomic mass is 10.0. The van der Waals surface area contributed by atoms with Crippen LogP contribution in [0.3, 0.4) is 0 Å². The maximum atomic E-state index is 14.5. The lowest BCUT2D eigenvalue weighted by Crippen LogP contribution is -2.53. The monoisotopic (exact) mass is 691 g/mol. The number of likely N-dealkylation sites (N-methyl/N-ethyl adjacent to an activating group) is 1. The maximum absolute atomic E-state index is 14.5. The first kappa shape index (κ1) is 33.7. The molecular weight excluding hydrogens is 654 g/mol. The van der Waals surface area contributed by atoms with Crippen molar-refractivity contribution in [2.24, 2.45) is 0 Å². The summed E-state index contributed by atoms with van der Waals surface area (Å²) in [7, 11) is -4.24. The number of rotatable bonds is 14. The Bertz CT molecular complexity index is 1700. The molecule has 0 aromatic heterocycles. The predicted octanol–water partition coefficient (Wildman–Crippen LogP) is 6.13. The number of hydrogen-bond donors (Lipinski definition) is 1. The Morgan fingerprint density at radius 3 is 2.20 bits per heavy atom. The van der Waals surface area contributed by atoms with Gasteiger partial charge in [0.25, 0.3) is 10.0 Å². The number of para-hydroxylation sites is 2. The number of halogens is 1. The van der Waals surface area contributed by atoms with Gasteiger partial charge in [0.1, 0.15) is 18.3 Å². The summed E-state index contributed by atoms with van der Waals surface area (Å²) in [5, 5.41) is 2.88. The molecule has 0 saturated carbocycles. The topological polar surface area (TPSA) is 96.0 Å². The van der Waals surface area contributed by atoms with Crippen molar-refractivity contribution in [3.8, 4) is 5.75 Å². The van der Waals surface area contributed by atoms with E-state index in [0.29, 0.717) is 18.9 Å². The van der Waals surface area contributed by atoms with Gasteiger partial charge < -0.3 is 15.0 Å². The molecule has 4 aromatic carbocycles. The molecule has 236 valence electrons. The number of nitrogens with one attached hydrogen (secondary N) is 1. The van der Waals surface area contributed by atoms with Crippen LogP contribution >= 0.6 is 15.9 Å². The van der Waals surface area contributed by atoms with E-state index in [0.717, 1.165) is 25.5 Å². The van der Waals surface area contributed by atoms with Crippen LogP contribution in [0.25, 0.3) is 0 Å². The molecule has 0 aliphatic carbocycles. The molecule has 0 bridgehead atoms. The van der Waals surface area contributed by atoms with E-state index in [4.69, 9.17) is 4.74 Å². The van der Waals surface area contributed by atoms with Crippen LogP contribution in [-0.4, -0.2) is 50.9 Å². The molecule has 1 N–H and O–H groups in total. The molecule has 4 rings (SSSR count). The lowest BCUT2D eigenvalue weighted by molar-refractivity contribution is -0.140. The van der Waals surface area contributed by atoms with Crippen LogP contribution in [0.2, 0.25) is 0 Å². The number of benzene rings is 4.